The second-order valence-electron chi connectivity index (χ2n) is 5.22. The molecule has 0 heterocycles. The summed E-state index contributed by atoms with van der Waals surface area (Å²) in [5.74, 6) is -0.159. The molecule has 1 fully saturated rings. The van der Waals surface area contributed by atoms with Gasteiger partial charge in [-0.3, -0.25) is 4.79 Å². The van der Waals surface area contributed by atoms with E-state index in [-0.39, 0.29) is 5.97 Å². The molecule has 1 aromatic rings. The minimum absolute atomic E-state index is 0.159. The van der Waals surface area contributed by atoms with E-state index in [1.165, 1.54) is 38.5 Å². The third-order valence-corrected chi connectivity index (χ3v) is 3.63. The van der Waals surface area contributed by atoms with Crippen LogP contribution >= 0.6 is 0 Å². The van der Waals surface area contributed by atoms with E-state index in [1.807, 2.05) is 30.3 Å². The normalized spacial score (nSPS) is 16.8. The molecule has 0 radical (unpaired) electrons. The Labute approximate surface area is 115 Å². The van der Waals surface area contributed by atoms with Crippen molar-refractivity contribution in [1.82, 2.24) is 5.32 Å². The van der Waals surface area contributed by atoms with Gasteiger partial charge in [-0.15, -0.1) is 0 Å². The summed E-state index contributed by atoms with van der Waals surface area (Å²) in [6.45, 7) is 0.698. The van der Waals surface area contributed by atoms with Gasteiger partial charge in [-0.1, -0.05) is 56.0 Å². The quantitative estimate of drug-likeness (QED) is 0.654. The van der Waals surface area contributed by atoms with Crippen LogP contribution in [-0.4, -0.2) is 18.6 Å². The van der Waals surface area contributed by atoms with Crippen LogP contribution in [0.15, 0.2) is 30.3 Å². The minimum Gasteiger partial charge on any atom is -0.460 e. The van der Waals surface area contributed by atoms with Crippen molar-refractivity contribution >= 4 is 5.97 Å². The average molecular weight is 261 g/mol. The molecule has 0 atom stereocenters. The molecule has 0 aliphatic heterocycles. The molecular weight excluding hydrogens is 238 g/mol. The van der Waals surface area contributed by atoms with Crippen LogP contribution in [0.4, 0.5) is 0 Å². The fourth-order valence-corrected chi connectivity index (χ4v) is 2.50. The molecule has 0 aromatic heterocycles. The van der Waals surface area contributed by atoms with Crippen molar-refractivity contribution in [2.45, 2.75) is 51.2 Å². The number of ether oxygens (including phenoxy) is 1. The third-order valence-electron chi connectivity index (χ3n) is 3.63. The lowest BCUT2D eigenvalue weighted by Crippen LogP contribution is -2.34. The van der Waals surface area contributed by atoms with Crippen molar-refractivity contribution in [2.75, 3.05) is 6.54 Å². The summed E-state index contributed by atoms with van der Waals surface area (Å²) in [5, 5.41) is 3.32. The minimum atomic E-state index is -0.159. The maximum Gasteiger partial charge on any atom is 0.320 e. The van der Waals surface area contributed by atoms with Crippen LogP contribution in [0.2, 0.25) is 0 Å². The zero-order chi connectivity index (χ0) is 13.3. The number of hydrogen-bond donors (Lipinski definition) is 1. The van der Waals surface area contributed by atoms with Gasteiger partial charge in [0.1, 0.15) is 6.61 Å². The highest BCUT2D eigenvalue weighted by Crippen LogP contribution is 2.16. The molecule has 0 unspecified atom stereocenters. The van der Waals surface area contributed by atoms with E-state index in [9.17, 15) is 4.79 Å². The molecule has 3 nitrogen and oxygen atoms in total. The van der Waals surface area contributed by atoms with E-state index < -0.39 is 0 Å². The van der Waals surface area contributed by atoms with Gasteiger partial charge in [-0.05, 0) is 18.4 Å². The number of esters is 1. The van der Waals surface area contributed by atoms with Crippen LogP contribution < -0.4 is 5.32 Å². The molecule has 0 spiro atoms. The Bertz CT molecular complexity index is 370. The summed E-state index contributed by atoms with van der Waals surface area (Å²) in [6, 6.07) is 10.3. The Hall–Kier alpha value is -1.35. The average Bonchev–Trinajstić information content (AvgIpc) is 2.73. The molecule has 1 aromatic carbocycles. The van der Waals surface area contributed by atoms with Gasteiger partial charge in [0.25, 0.3) is 0 Å². The number of nitrogens with one attached hydrogen (secondary N) is 1. The largest absolute Gasteiger partial charge is 0.460 e. The van der Waals surface area contributed by atoms with Gasteiger partial charge in [-0.25, -0.2) is 0 Å². The Morgan fingerprint density at radius 1 is 1.11 bits per heavy atom. The summed E-state index contributed by atoms with van der Waals surface area (Å²) in [5.41, 5.74) is 1.03. The fourth-order valence-electron chi connectivity index (χ4n) is 2.50. The molecule has 1 saturated carbocycles. The van der Waals surface area contributed by atoms with Crippen molar-refractivity contribution in [3.63, 3.8) is 0 Å². The van der Waals surface area contributed by atoms with Crippen LogP contribution in [0.5, 0.6) is 0 Å². The molecule has 1 aliphatic carbocycles. The molecule has 0 bridgehead atoms. The van der Waals surface area contributed by atoms with E-state index in [4.69, 9.17) is 4.74 Å². The zero-order valence-corrected chi connectivity index (χ0v) is 11.4. The molecule has 0 amide bonds. The first-order chi connectivity index (χ1) is 9.34. The van der Waals surface area contributed by atoms with Gasteiger partial charge >= 0.3 is 5.97 Å². The van der Waals surface area contributed by atoms with Crippen LogP contribution in [0.3, 0.4) is 0 Å². The van der Waals surface area contributed by atoms with Gasteiger partial charge < -0.3 is 10.1 Å². The molecule has 104 valence electrons. The summed E-state index contributed by atoms with van der Waals surface area (Å²) < 4.78 is 5.25. The standard InChI is InChI=1S/C16H23NO2/c18-16(19-13-14-8-4-3-5-9-14)12-17-15-10-6-1-2-7-11-15/h3-5,8-9,15,17H,1-2,6-7,10-13H2. The van der Waals surface area contributed by atoms with Crippen molar-refractivity contribution < 1.29 is 9.53 Å². The summed E-state index contributed by atoms with van der Waals surface area (Å²) in [6.07, 6.45) is 7.58. The van der Waals surface area contributed by atoms with E-state index in [2.05, 4.69) is 5.32 Å². The first kappa shape index (κ1) is 14.1. The SMILES string of the molecule is O=C(CNC1CCCCCC1)OCc1ccccc1. The fraction of sp³-hybridized carbons (Fsp3) is 0.562. The van der Waals surface area contributed by atoms with Crippen LogP contribution in [0.25, 0.3) is 0 Å². The van der Waals surface area contributed by atoms with Gasteiger partial charge in [-0.2, -0.15) is 0 Å². The maximum atomic E-state index is 11.7. The topological polar surface area (TPSA) is 38.3 Å². The monoisotopic (exact) mass is 261 g/mol. The maximum absolute atomic E-state index is 11.7. The van der Waals surface area contributed by atoms with E-state index in [0.717, 1.165) is 5.56 Å². The van der Waals surface area contributed by atoms with Crippen LogP contribution in [0, 0.1) is 0 Å². The van der Waals surface area contributed by atoms with Crippen molar-refractivity contribution in [3.05, 3.63) is 35.9 Å². The van der Waals surface area contributed by atoms with Gasteiger partial charge in [0.15, 0.2) is 0 Å². The second kappa shape index (κ2) is 7.95. The Kier molecular flexibility index (Phi) is 5.89. The van der Waals surface area contributed by atoms with E-state index in [1.54, 1.807) is 0 Å². The molecule has 0 saturated heterocycles. The lowest BCUT2D eigenvalue weighted by molar-refractivity contribution is -0.144. The molecule has 1 aliphatic rings. The number of rotatable bonds is 5. The van der Waals surface area contributed by atoms with Crippen molar-refractivity contribution in [3.8, 4) is 0 Å². The zero-order valence-electron chi connectivity index (χ0n) is 11.4. The second-order valence-corrected chi connectivity index (χ2v) is 5.22. The molecule has 2 rings (SSSR count). The van der Waals surface area contributed by atoms with Gasteiger partial charge in [0.2, 0.25) is 0 Å². The third kappa shape index (κ3) is 5.43. The van der Waals surface area contributed by atoms with Gasteiger partial charge in [0.05, 0.1) is 6.54 Å². The summed E-state index contributed by atoms with van der Waals surface area (Å²) in [7, 11) is 0. The van der Waals surface area contributed by atoms with Crippen molar-refractivity contribution in [1.29, 1.82) is 0 Å². The Morgan fingerprint density at radius 3 is 2.47 bits per heavy atom. The van der Waals surface area contributed by atoms with E-state index in [0.29, 0.717) is 19.2 Å². The molecule has 3 heteroatoms. The highest BCUT2D eigenvalue weighted by molar-refractivity contribution is 5.71. The predicted octanol–water partition coefficient (Wildman–Crippen LogP) is 3.04. The number of carbonyl (C=O) groups is 1. The predicted molar refractivity (Wildman–Crippen MR) is 75.7 cm³/mol. The summed E-state index contributed by atoms with van der Waals surface area (Å²) >= 11 is 0. The lowest BCUT2D eigenvalue weighted by atomic mass is 10.1. The highest BCUT2D eigenvalue weighted by atomic mass is 16.5. The number of benzene rings is 1. The lowest BCUT2D eigenvalue weighted by Gasteiger charge is -2.15. The van der Waals surface area contributed by atoms with Crippen LogP contribution in [0.1, 0.15) is 44.1 Å². The first-order valence-corrected chi connectivity index (χ1v) is 7.27. The van der Waals surface area contributed by atoms with Crippen molar-refractivity contribution in [2.24, 2.45) is 0 Å². The Morgan fingerprint density at radius 2 is 1.79 bits per heavy atom. The molecule has 19 heavy (non-hydrogen) atoms. The number of carbonyl (C=O) groups excluding carboxylic acids is 1. The molecular formula is C16H23NO2. The Balaban J connectivity index is 1.64. The molecule has 1 N–H and O–H groups in total. The first-order valence-electron chi connectivity index (χ1n) is 7.27. The smallest absolute Gasteiger partial charge is 0.320 e. The van der Waals surface area contributed by atoms with E-state index >= 15 is 0 Å². The van der Waals surface area contributed by atoms with Gasteiger partial charge in [0, 0.05) is 6.04 Å². The van der Waals surface area contributed by atoms with Crippen LogP contribution in [-0.2, 0) is 16.1 Å². The number of hydrogen-bond acceptors (Lipinski definition) is 3. The summed E-state index contributed by atoms with van der Waals surface area (Å²) in [4.78, 5) is 11.7. The highest BCUT2D eigenvalue weighted by Gasteiger charge is 2.13.